The monoisotopic (exact) mass is 347 g/mol. The number of thioether (sulfide) groups is 2. The molecule has 0 atom stereocenters. The number of aryl methyl sites for hydroxylation is 2. The normalized spacial score (nSPS) is 10.6. The van der Waals surface area contributed by atoms with Gasteiger partial charge in [-0.15, -0.1) is 11.8 Å². The second-order valence-electron chi connectivity index (χ2n) is 5.11. The van der Waals surface area contributed by atoms with E-state index in [1.54, 1.807) is 11.8 Å². The standard InChI is InChI=1S/C17H21N3OS2/c1-11-13(12(2)19-17(18-11)23-4)9-10-16(21)20-14-7-5-6-8-15(14)22-3/h5-8H,9-10H2,1-4H3,(H,20,21). The lowest BCUT2D eigenvalue weighted by molar-refractivity contribution is -0.116. The summed E-state index contributed by atoms with van der Waals surface area (Å²) in [5.74, 6) is 0.0132. The first-order valence-corrected chi connectivity index (χ1v) is 9.81. The van der Waals surface area contributed by atoms with Gasteiger partial charge in [0, 0.05) is 22.7 Å². The van der Waals surface area contributed by atoms with Crippen molar-refractivity contribution < 1.29 is 4.79 Å². The second kappa shape index (κ2) is 8.36. The van der Waals surface area contributed by atoms with Crippen LogP contribution in [0, 0.1) is 13.8 Å². The van der Waals surface area contributed by atoms with Gasteiger partial charge in [0.2, 0.25) is 5.91 Å². The molecule has 2 aromatic rings. The van der Waals surface area contributed by atoms with Gasteiger partial charge in [0.05, 0.1) is 5.69 Å². The Hall–Kier alpha value is -1.53. The van der Waals surface area contributed by atoms with Crippen molar-refractivity contribution in [3.63, 3.8) is 0 Å². The van der Waals surface area contributed by atoms with Gasteiger partial charge in [0.25, 0.3) is 0 Å². The van der Waals surface area contributed by atoms with Crippen LogP contribution >= 0.6 is 23.5 Å². The van der Waals surface area contributed by atoms with E-state index < -0.39 is 0 Å². The predicted octanol–water partition coefficient (Wildman–Crippen LogP) is 4.11. The van der Waals surface area contributed by atoms with Crippen LogP contribution in [0.2, 0.25) is 0 Å². The Morgan fingerprint density at radius 2 is 1.74 bits per heavy atom. The molecular formula is C17H21N3OS2. The van der Waals surface area contributed by atoms with Crippen LogP contribution in [-0.4, -0.2) is 28.4 Å². The van der Waals surface area contributed by atoms with E-state index in [1.807, 2.05) is 50.6 Å². The first-order valence-electron chi connectivity index (χ1n) is 7.36. The molecular weight excluding hydrogens is 326 g/mol. The van der Waals surface area contributed by atoms with E-state index >= 15 is 0 Å². The molecule has 0 bridgehead atoms. The molecule has 4 nitrogen and oxygen atoms in total. The second-order valence-corrected chi connectivity index (χ2v) is 6.73. The SMILES string of the molecule is CSc1nc(C)c(CCC(=O)Nc2ccccc2SC)c(C)n1. The summed E-state index contributed by atoms with van der Waals surface area (Å²) in [6.45, 7) is 3.95. The van der Waals surface area contributed by atoms with Crippen LogP contribution in [0.4, 0.5) is 5.69 Å². The molecule has 0 saturated heterocycles. The summed E-state index contributed by atoms with van der Waals surface area (Å²) in [6.07, 6.45) is 5.04. The molecule has 0 fully saturated rings. The van der Waals surface area contributed by atoms with Crippen LogP contribution in [0.5, 0.6) is 0 Å². The molecule has 1 heterocycles. The van der Waals surface area contributed by atoms with E-state index in [0.29, 0.717) is 12.8 Å². The third-order valence-electron chi connectivity index (χ3n) is 3.57. The van der Waals surface area contributed by atoms with E-state index in [1.165, 1.54) is 11.8 Å². The molecule has 0 spiro atoms. The maximum absolute atomic E-state index is 12.2. The molecule has 2 rings (SSSR count). The van der Waals surface area contributed by atoms with Crippen LogP contribution in [0.25, 0.3) is 0 Å². The highest BCUT2D eigenvalue weighted by molar-refractivity contribution is 7.98. The number of carbonyl (C=O) groups is 1. The molecule has 0 radical (unpaired) electrons. The smallest absolute Gasteiger partial charge is 0.224 e. The van der Waals surface area contributed by atoms with Crippen LogP contribution in [0.1, 0.15) is 23.4 Å². The van der Waals surface area contributed by atoms with Gasteiger partial charge in [-0.05, 0) is 50.5 Å². The van der Waals surface area contributed by atoms with E-state index in [2.05, 4.69) is 15.3 Å². The zero-order valence-electron chi connectivity index (χ0n) is 13.8. The number of carbonyl (C=O) groups excluding carboxylic acids is 1. The lowest BCUT2D eigenvalue weighted by Crippen LogP contribution is -2.14. The molecule has 6 heteroatoms. The van der Waals surface area contributed by atoms with Gasteiger partial charge in [-0.2, -0.15) is 0 Å². The lowest BCUT2D eigenvalue weighted by Gasteiger charge is -2.11. The highest BCUT2D eigenvalue weighted by Gasteiger charge is 2.11. The van der Waals surface area contributed by atoms with Crippen molar-refractivity contribution in [3.05, 3.63) is 41.2 Å². The van der Waals surface area contributed by atoms with Gasteiger partial charge in [0.15, 0.2) is 5.16 Å². The summed E-state index contributed by atoms with van der Waals surface area (Å²) in [7, 11) is 0. The highest BCUT2D eigenvalue weighted by atomic mass is 32.2. The van der Waals surface area contributed by atoms with Crippen molar-refractivity contribution in [2.45, 2.75) is 36.7 Å². The Balaban J connectivity index is 2.02. The Labute approximate surface area is 145 Å². The number of hydrogen-bond acceptors (Lipinski definition) is 5. The first kappa shape index (κ1) is 17.8. The van der Waals surface area contributed by atoms with Crippen molar-refractivity contribution in [1.82, 2.24) is 9.97 Å². The molecule has 1 N–H and O–H groups in total. The number of hydrogen-bond donors (Lipinski definition) is 1. The fourth-order valence-electron chi connectivity index (χ4n) is 2.36. The lowest BCUT2D eigenvalue weighted by atomic mass is 10.1. The molecule has 1 amide bonds. The molecule has 0 aliphatic heterocycles. The van der Waals surface area contributed by atoms with Crippen LogP contribution in [0.3, 0.4) is 0 Å². The quantitative estimate of drug-likeness (QED) is 0.629. The summed E-state index contributed by atoms with van der Waals surface area (Å²) in [5.41, 5.74) is 3.85. The number of nitrogens with one attached hydrogen (secondary N) is 1. The average molecular weight is 348 g/mol. The average Bonchev–Trinajstić information content (AvgIpc) is 2.54. The Morgan fingerprint density at radius 1 is 1.09 bits per heavy atom. The maximum Gasteiger partial charge on any atom is 0.224 e. The van der Waals surface area contributed by atoms with Gasteiger partial charge >= 0.3 is 0 Å². The van der Waals surface area contributed by atoms with Gasteiger partial charge in [-0.1, -0.05) is 23.9 Å². The van der Waals surface area contributed by atoms with Crippen molar-refractivity contribution in [3.8, 4) is 0 Å². The summed E-state index contributed by atoms with van der Waals surface area (Å²) < 4.78 is 0. The van der Waals surface area contributed by atoms with Crippen molar-refractivity contribution in [2.24, 2.45) is 0 Å². The predicted molar refractivity (Wildman–Crippen MR) is 98.5 cm³/mol. The minimum Gasteiger partial charge on any atom is -0.325 e. The number of amides is 1. The number of rotatable bonds is 6. The van der Waals surface area contributed by atoms with E-state index in [-0.39, 0.29) is 5.91 Å². The molecule has 0 unspecified atom stereocenters. The van der Waals surface area contributed by atoms with Gasteiger partial charge in [-0.3, -0.25) is 4.79 Å². The van der Waals surface area contributed by atoms with Gasteiger partial charge < -0.3 is 5.32 Å². The van der Waals surface area contributed by atoms with Crippen LogP contribution < -0.4 is 5.32 Å². The molecule has 23 heavy (non-hydrogen) atoms. The minimum absolute atomic E-state index is 0.0132. The summed E-state index contributed by atoms with van der Waals surface area (Å²) in [6, 6.07) is 7.83. The van der Waals surface area contributed by atoms with Crippen molar-refractivity contribution in [2.75, 3.05) is 17.8 Å². The van der Waals surface area contributed by atoms with Crippen molar-refractivity contribution >= 4 is 35.1 Å². The Morgan fingerprint density at radius 3 is 2.35 bits per heavy atom. The number of benzene rings is 1. The fraction of sp³-hybridized carbons (Fsp3) is 0.353. The Bertz CT molecular complexity index is 681. The number of nitrogens with zero attached hydrogens (tertiary/aromatic N) is 2. The molecule has 0 aliphatic carbocycles. The van der Waals surface area contributed by atoms with Crippen molar-refractivity contribution in [1.29, 1.82) is 0 Å². The van der Waals surface area contributed by atoms with E-state index in [9.17, 15) is 4.79 Å². The van der Waals surface area contributed by atoms with Gasteiger partial charge in [0.1, 0.15) is 0 Å². The molecule has 0 saturated carbocycles. The molecule has 1 aromatic heterocycles. The first-order chi connectivity index (χ1) is 11.0. The highest BCUT2D eigenvalue weighted by Crippen LogP contribution is 2.25. The number of anilines is 1. The largest absolute Gasteiger partial charge is 0.325 e. The number of para-hydroxylation sites is 1. The molecule has 1 aromatic carbocycles. The maximum atomic E-state index is 12.2. The molecule has 0 aliphatic rings. The summed E-state index contributed by atoms with van der Waals surface area (Å²) >= 11 is 3.16. The number of aromatic nitrogens is 2. The Kier molecular flexibility index (Phi) is 6.47. The van der Waals surface area contributed by atoms with E-state index in [4.69, 9.17) is 0 Å². The third kappa shape index (κ3) is 4.72. The summed E-state index contributed by atoms with van der Waals surface area (Å²) in [4.78, 5) is 22.2. The third-order valence-corrected chi connectivity index (χ3v) is 4.91. The molecule has 122 valence electrons. The minimum atomic E-state index is 0.0132. The summed E-state index contributed by atoms with van der Waals surface area (Å²) in [5, 5.41) is 3.77. The van der Waals surface area contributed by atoms with E-state index in [0.717, 1.165) is 32.7 Å². The van der Waals surface area contributed by atoms with Gasteiger partial charge in [-0.25, -0.2) is 9.97 Å². The topological polar surface area (TPSA) is 54.9 Å². The van der Waals surface area contributed by atoms with Crippen LogP contribution in [-0.2, 0) is 11.2 Å². The van der Waals surface area contributed by atoms with Crippen LogP contribution in [0.15, 0.2) is 34.3 Å². The fourth-order valence-corrected chi connectivity index (χ4v) is 3.37. The zero-order valence-corrected chi connectivity index (χ0v) is 15.5. The zero-order chi connectivity index (χ0) is 16.8.